The molecule has 4 aliphatic carbocycles. The molecule has 4 bridgehead atoms. The lowest BCUT2D eigenvalue weighted by molar-refractivity contribution is -0.148. The fourth-order valence-corrected chi connectivity index (χ4v) is 5.83. The van der Waals surface area contributed by atoms with Crippen LogP contribution >= 0.6 is 11.6 Å². The van der Waals surface area contributed by atoms with Crippen molar-refractivity contribution in [3.8, 4) is 0 Å². The van der Waals surface area contributed by atoms with E-state index in [2.05, 4.69) is 16.2 Å². The molecule has 7 heteroatoms. The van der Waals surface area contributed by atoms with Gasteiger partial charge in [0.25, 0.3) is 5.91 Å². The van der Waals surface area contributed by atoms with Gasteiger partial charge in [-0.1, -0.05) is 11.6 Å². The molecule has 4 aliphatic rings. The molecule has 0 spiro atoms. The van der Waals surface area contributed by atoms with Crippen molar-refractivity contribution in [1.29, 1.82) is 0 Å². The molecule has 150 valence electrons. The van der Waals surface area contributed by atoms with Gasteiger partial charge in [0, 0.05) is 23.6 Å². The Balaban J connectivity index is 1.20. The first-order valence-corrected chi connectivity index (χ1v) is 10.4. The van der Waals surface area contributed by atoms with E-state index in [0.29, 0.717) is 28.3 Å². The lowest BCUT2D eigenvalue weighted by atomic mass is 9.49. The molecule has 5 rings (SSSR count). The highest BCUT2D eigenvalue weighted by Crippen LogP contribution is 2.60. The van der Waals surface area contributed by atoms with Crippen molar-refractivity contribution in [1.82, 2.24) is 16.2 Å². The van der Waals surface area contributed by atoms with Crippen LogP contribution in [0.2, 0.25) is 5.02 Å². The van der Waals surface area contributed by atoms with Gasteiger partial charge in [0.1, 0.15) is 0 Å². The van der Waals surface area contributed by atoms with Gasteiger partial charge < -0.3 is 5.32 Å². The number of carbonyl (C=O) groups is 3. The topological polar surface area (TPSA) is 87.3 Å². The lowest BCUT2D eigenvalue weighted by Crippen LogP contribution is -2.56. The van der Waals surface area contributed by atoms with E-state index in [4.69, 9.17) is 11.6 Å². The van der Waals surface area contributed by atoms with E-state index in [1.54, 1.807) is 24.3 Å². The summed E-state index contributed by atoms with van der Waals surface area (Å²) in [6.45, 7) is 0.195. The summed E-state index contributed by atoms with van der Waals surface area (Å²) in [5.74, 6) is 1.42. The van der Waals surface area contributed by atoms with Crippen LogP contribution in [0.15, 0.2) is 24.3 Å². The van der Waals surface area contributed by atoms with E-state index < -0.39 is 0 Å². The maximum Gasteiger partial charge on any atom is 0.251 e. The Morgan fingerprint density at radius 3 is 2.07 bits per heavy atom. The second kappa shape index (κ2) is 7.74. The van der Waals surface area contributed by atoms with E-state index in [0.717, 1.165) is 19.3 Å². The zero-order valence-electron chi connectivity index (χ0n) is 15.8. The molecule has 1 aromatic rings. The minimum Gasteiger partial charge on any atom is -0.352 e. The van der Waals surface area contributed by atoms with E-state index in [9.17, 15) is 14.4 Å². The quantitative estimate of drug-likeness (QED) is 0.660. The number of hydrazine groups is 1. The third kappa shape index (κ3) is 4.02. The van der Waals surface area contributed by atoms with Gasteiger partial charge >= 0.3 is 0 Å². The molecule has 0 atom stereocenters. The van der Waals surface area contributed by atoms with Gasteiger partial charge in [-0.05, 0) is 80.5 Å². The summed E-state index contributed by atoms with van der Waals surface area (Å²) in [5.41, 5.74) is 5.37. The Hall–Kier alpha value is -2.08. The Kier molecular flexibility index (Phi) is 5.32. The van der Waals surface area contributed by atoms with Gasteiger partial charge in [-0.2, -0.15) is 0 Å². The predicted octanol–water partition coefficient (Wildman–Crippen LogP) is 2.82. The summed E-state index contributed by atoms with van der Waals surface area (Å²) < 4.78 is 0. The molecule has 3 N–H and O–H groups in total. The first-order valence-electron chi connectivity index (χ1n) is 10.1. The summed E-state index contributed by atoms with van der Waals surface area (Å²) in [5, 5.41) is 3.25. The number of hydrogen-bond acceptors (Lipinski definition) is 3. The van der Waals surface area contributed by atoms with E-state index in [1.165, 1.54) is 19.3 Å². The van der Waals surface area contributed by atoms with Crippen LogP contribution in [0.5, 0.6) is 0 Å². The molecule has 4 saturated carbocycles. The number of benzene rings is 1. The molecule has 3 amide bonds. The van der Waals surface area contributed by atoms with Crippen molar-refractivity contribution in [3.63, 3.8) is 0 Å². The third-order valence-electron chi connectivity index (χ3n) is 6.58. The average molecular weight is 404 g/mol. The van der Waals surface area contributed by atoms with Crippen LogP contribution in [0, 0.1) is 23.2 Å². The standard InChI is InChI=1S/C21H26ClN3O3/c22-17-3-1-16(2-4-17)19(27)23-6-5-18(26)24-25-20(28)21-10-13-7-14(11-21)9-15(8-13)12-21/h1-4,13-15H,5-12H2,(H,23,27)(H,24,26)(H,25,28). The Morgan fingerprint density at radius 1 is 0.929 bits per heavy atom. The molecule has 0 saturated heterocycles. The van der Waals surface area contributed by atoms with Crippen LogP contribution < -0.4 is 16.2 Å². The van der Waals surface area contributed by atoms with Crippen LogP contribution in [0.1, 0.15) is 55.3 Å². The van der Waals surface area contributed by atoms with Crippen LogP contribution in [0.4, 0.5) is 0 Å². The minimum atomic E-state index is -0.311. The Labute approximate surface area is 169 Å². The highest BCUT2D eigenvalue weighted by molar-refractivity contribution is 6.30. The molecule has 0 aliphatic heterocycles. The van der Waals surface area contributed by atoms with Crippen LogP contribution in [-0.4, -0.2) is 24.3 Å². The third-order valence-corrected chi connectivity index (χ3v) is 6.83. The second-order valence-corrected chi connectivity index (χ2v) is 9.15. The van der Waals surface area contributed by atoms with Crippen molar-refractivity contribution < 1.29 is 14.4 Å². The van der Waals surface area contributed by atoms with Crippen molar-refractivity contribution in [2.75, 3.05) is 6.54 Å². The number of carbonyl (C=O) groups excluding carboxylic acids is 3. The fourth-order valence-electron chi connectivity index (χ4n) is 5.70. The molecule has 0 unspecified atom stereocenters. The summed E-state index contributed by atoms with van der Waals surface area (Å²) in [6, 6.07) is 6.54. The van der Waals surface area contributed by atoms with Crippen molar-refractivity contribution in [2.24, 2.45) is 23.2 Å². The van der Waals surface area contributed by atoms with E-state index in [1.807, 2.05) is 0 Å². The largest absolute Gasteiger partial charge is 0.352 e. The molecule has 6 nitrogen and oxygen atoms in total. The predicted molar refractivity (Wildman–Crippen MR) is 105 cm³/mol. The minimum absolute atomic E-state index is 0.0369. The van der Waals surface area contributed by atoms with Crippen LogP contribution in [0.25, 0.3) is 0 Å². The molecular formula is C21H26ClN3O3. The highest BCUT2D eigenvalue weighted by Gasteiger charge is 2.54. The van der Waals surface area contributed by atoms with Gasteiger partial charge in [-0.3, -0.25) is 25.2 Å². The molecule has 28 heavy (non-hydrogen) atoms. The zero-order valence-corrected chi connectivity index (χ0v) is 16.6. The first kappa shape index (κ1) is 19.2. The number of hydrogen-bond donors (Lipinski definition) is 3. The monoisotopic (exact) mass is 403 g/mol. The van der Waals surface area contributed by atoms with Gasteiger partial charge in [-0.15, -0.1) is 0 Å². The molecule has 1 aromatic carbocycles. The molecular weight excluding hydrogens is 378 g/mol. The fraction of sp³-hybridized carbons (Fsp3) is 0.571. The second-order valence-electron chi connectivity index (χ2n) is 8.71. The van der Waals surface area contributed by atoms with Gasteiger partial charge in [0.2, 0.25) is 11.8 Å². The number of halogens is 1. The van der Waals surface area contributed by atoms with E-state index >= 15 is 0 Å². The number of nitrogens with one attached hydrogen (secondary N) is 3. The lowest BCUT2D eigenvalue weighted by Gasteiger charge is -2.55. The molecule has 0 heterocycles. The Bertz CT molecular complexity index is 742. The molecule has 0 aromatic heterocycles. The normalized spacial score (nSPS) is 30.0. The summed E-state index contributed by atoms with van der Waals surface area (Å²) in [7, 11) is 0. The number of amides is 3. The van der Waals surface area contributed by atoms with Gasteiger partial charge in [0.05, 0.1) is 5.41 Å². The SMILES string of the molecule is O=C(CCNC(=O)c1ccc(Cl)cc1)NNC(=O)C12CC3CC(CC(C3)C1)C2. The summed E-state index contributed by atoms with van der Waals surface area (Å²) in [6.07, 6.45) is 6.78. The summed E-state index contributed by atoms with van der Waals surface area (Å²) >= 11 is 5.80. The van der Waals surface area contributed by atoms with Crippen molar-refractivity contribution >= 4 is 29.3 Å². The van der Waals surface area contributed by atoms with Crippen LogP contribution in [0.3, 0.4) is 0 Å². The van der Waals surface area contributed by atoms with Gasteiger partial charge in [0.15, 0.2) is 0 Å². The van der Waals surface area contributed by atoms with Crippen LogP contribution in [-0.2, 0) is 9.59 Å². The zero-order chi connectivity index (χ0) is 19.7. The van der Waals surface area contributed by atoms with E-state index in [-0.39, 0.29) is 36.1 Å². The maximum atomic E-state index is 12.8. The van der Waals surface area contributed by atoms with Crippen molar-refractivity contribution in [3.05, 3.63) is 34.9 Å². The molecule has 0 radical (unpaired) electrons. The Morgan fingerprint density at radius 2 is 1.50 bits per heavy atom. The first-order chi connectivity index (χ1) is 13.4. The van der Waals surface area contributed by atoms with Gasteiger partial charge in [-0.25, -0.2) is 0 Å². The van der Waals surface area contributed by atoms with Crippen molar-refractivity contribution in [2.45, 2.75) is 44.9 Å². The molecule has 4 fully saturated rings. The summed E-state index contributed by atoms with van der Waals surface area (Å²) in [4.78, 5) is 36.8. The average Bonchev–Trinajstić information content (AvgIpc) is 2.65. The number of rotatable bonds is 5. The smallest absolute Gasteiger partial charge is 0.251 e. The maximum absolute atomic E-state index is 12.8. The highest BCUT2D eigenvalue weighted by atomic mass is 35.5.